The first-order valence-corrected chi connectivity index (χ1v) is 10.9. The zero-order chi connectivity index (χ0) is 24.3. The summed E-state index contributed by atoms with van der Waals surface area (Å²) >= 11 is 0. The molecule has 0 aliphatic carbocycles. The lowest BCUT2D eigenvalue weighted by Crippen LogP contribution is -2.36. The Balaban J connectivity index is 1.70. The van der Waals surface area contributed by atoms with Gasteiger partial charge in [0.25, 0.3) is 0 Å². The summed E-state index contributed by atoms with van der Waals surface area (Å²) in [5.74, 6) is 1.16. The highest BCUT2D eigenvalue weighted by Crippen LogP contribution is 2.29. The molecule has 0 N–H and O–H groups in total. The Morgan fingerprint density at radius 2 is 1.47 bits per heavy atom. The van der Waals surface area contributed by atoms with Gasteiger partial charge in [-0.25, -0.2) is 0 Å². The highest BCUT2D eigenvalue weighted by atomic mass is 16.5. The van der Waals surface area contributed by atoms with Gasteiger partial charge < -0.3 is 23.8 Å². The topological polar surface area (TPSA) is 74.3 Å². The third-order valence-electron chi connectivity index (χ3n) is 5.23. The Morgan fingerprint density at radius 3 is 2.12 bits per heavy atom. The first-order valence-electron chi connectivity index (χ1n) is 10.9. The lowest BCUT2D eigenvalue weighted by Gasteiger charge is -2.22. The van der Waals surface area contributed by atoms with Gasteiger partial charge in [0.15, 0.2) is 0 Å². The number of amides is 1. The molecule has 178 valence electrons. The molecule has 1 amide bonds. The number of rotatable bonds is 11. The van der Waals surface area contributed by atoms with Crippen LogP contribution < -0.4 is 14.2 Å². The molecule has 0 unspecified atom stereocenters. The number of esters is 1. The molecule has 3 aromatic rings. The van der Waals surface area contributed by atoms with Crippen LogP contribution in [-0.4, -0.2) is 51.3 Å². The van der Waals surface area contributed by atoms with Crippen LogP contribution in [0.25, 0.3) is 11.1 Å². The molecule has 0 aliphatic rings. The van der Waals surface area contributed by atoms with Gasteiger partial charge in [0.2, 0.25) is 5.91 Å². The Morgan fingerprint density at radius 1 is 0.824 bits per heavy atom. The molecule has 7 heteroatoms. The Hall–Kier alpha value is -4.00. The lowest BCUT2D eigenvalue weighted by atomic mass is 10.1. The monoisotopic (exact) mass is 463 g/mol. The first kappa shape index (κ1) is 24.6. The van der Waals surface area contributed by atoms with Crippen molar-refractivity contribution in [1.82, 2.24) is 4.90 Å². The quantitative estimate of drug-likeness (QED) is 0.394. The summed E-state index contributed by atoms with van der Waals surface area (Å²) < 4.78 is 21.4. The van der Waals surface area contributed by atoms with Gasteiger partial charge in [-0.05, 0) is 29.3 Å². The lowest BCUT2D eigenvalue weighted by molar-refractivity contribution is -0.147. The second kappa shape index (κ2) is 12.3. The molecular formula is C27H29NO6. The predicted molar refractivity (Wildman–Crippen MR) is 129 cm³/mol. The Labute approximate surface area is 199 Å². The number of nitrogens with zero attached hydrogens (tertiary/aromatic N) is 1. The molecule has 0 saturated heterocycles. The molecule has 0 saturated carbocycles. The summed E-state index contributed by atoms with van der Waals surface area (Å²) in [6, 6.07) is 22.9. The van der Waals surface area contributed by atoms with E-state index in [1.807, 2.05) is 54.6 Å². The van der Waals surface area contributed by atoms with E-state index in [9.17, 15) is 9.59 Å². The Bertz CT molecular complexity index is 1080. The van der Waals surface area contributed by atoms with E-state index in [2.05, 4.69) is 0 Å². The molecule has 0 bridgehead atoms. The summed E-state index contributed by atoms with van der Waals surface area (Å²) in [5, 5.41) is 0. The number of benzene rings is 3. The highest BCUT2D eigenvalue weighted by molar-refractivity contribution is 5.82. The molecule has 0 aromatic heterocycles. The summed E-state index contributed by atoms with van der Waals surface area (Å²) in [4.78, 5) is 26.4. The molecule has 0 spiro atoms. The standard InChI is InChI=1S/C27H29NO6/c1-31-22-15-20(16-23(17-22)32-2)18-28(19-27(30)33-3)26(29)13-14-34-25-12-8-7-11-24(25)21-9-5-4-6-10-21/h4-12,15-17H,13-14,18-19H2,1-3H3. The average molecular weight is 464 g/mol. The maximum absolute atomic E-state index is 13.0. The zero-order valence-corrected chi connectivity index (χ0v) is 19.7. The maximum atomic E-state index is 13.0. The van der Waals surface area contributed by atoms with Crippen LogP contribution in [0.4, 0.5) is 0 Å². The number of methoxy groups -OCH3 is 3. The summed E-state index contributed by atoms with van der Waals surface area (Å²) in [7, 11) is 4.41. The van der Waals surface area contributed by atoms with Gasteiger partial charge in [0.1, 0.15) is 23.8 Å². The number of carbonyl (C=O) groups is 2. The second-order valence-electron chi connectivity index (χ2n) is 7.51. The van der Waals surface area contributed by atoms with Gasteiger partial charge in [0, 0.05) is 18.2 Å². The van der Waals surface area contributed by atoms with Crippen LogP contribution in [0.15, 0.2) is 72.8 Å². The molecular weight excluding hydrogens is 434 g/mol. The molecule has 0 heterocycles. The van der Waals surface area contributed by atoms with Gasteiger partial charge in [-0.1, -0.05) is 48.5 Å². The highest BCUT2D eigenvalue weighted by Gasteiger charge is 2.19. The summed E-state index contributed by atoms with van der Waals surface area (Å²) in [5.41, 5.74) is 2.75. The van der Waals surface area contributed by atoms with E-state index in [0.29, 0.717) is 17.2 Å². The van der Waals surface area contributed by atoms with E-state index in [1.54, 1.807) is 32.4 Å². The zero-order valence-electron chi connectivity index (χ0n) is 19.7. The van der Waals surface area contributed by atoms with Gasteiger partial charge in [-0.3, -0.25) is 9.59 Å². The van der Waals surface area contributed by atoms with Crippen LogP contribution >= 0.6 is 0 Å². The van der Waals surface area contributed by atoms with Crippen molar-refractivity contribution in [3.8, 4) is 28.4 Å². The molecule has 0 fully saturated rings. The van der Waals surface area contributed by atoms with Crippen molar-refractivity contribution in [3.63, 3.8) is 0 Å². The third kappa shape index (κ3) is 6.75. The van der Waals surface area contributed by atoms with E-state index in [4.69, 9.17) is 18.9 Å². The van der Waals surface area contributed by atoms with Gasteiger partial charge in [-0.2, -0.15) is 0 Å². The SMILES string of the molecule is COC(=O)CN(Cc1cc(OC)cc(OC)c1)C(=O)CCOc1ccccc1-c1ccccc1. The minimum absolute atomic E-state index is 0.0984. The number of ether oxygens (including phenoxy) is 4. The molecule has 0 atom stereocenters. The molecule has 3 rings (SSSR count). The van der Waals surface area contributed by atoms with Gasteiger partial charge in [0.05, 0.1) is 34.4 Å². The maximum Gasteiger partial charge on any atom is 0.325 e. The van der Waals surface area contributed by atoms with Gasteiger partial charge in [-0.15, -0.1) is 0 Å². The van der Waals surface area contributed by atoms with Crippen molar-refractivity contribution in [2.45, 2.75) is 13.0 Å². The van der Waals surface area contributed by atoms with Crippen molar-refractivity contribution in [3.05, 3.63) is 78.4 Å². The Kier molecular flexibility index (Phi) is 8.91. The van der Waals surface area contributed by atoms with Crippen molar-refractivity contribution in [2.24, 2.45) is 0 Å². The molecule has 7 nitrogen and oxygen atoms in total. The average Bonchev–Trinajstić information content (AvgIpc) is 2.88. The van der Waals surface area contributed by atoms with E-state index in [-0.39, 0.29) is 32.0 Å². The summed E-state index contributed by atoms with van der Waals surface area (Å²) in [6.07, 6.45) is 0.0984. The van der Waals surface area contributed by atoms with Crippen molar-refractivity contribution < 1.29 is 28.5 Å². The normalized spacial score (nSPS) is 10.3. The van der Waals surface area contributed by atoms with E-state index in [1.165, 1.54) is 12.0 Å². The predicted octanol–water partition coefficient (Wildman–Crippen LogP) is 4.34. The van der Waals surface area contributed by atoms with Gasteiger partial charge >= 0.3 is 5.97 Å². The third-order valence-corrected chi connectivity index (χ3v) is 5.23. The molecule has 3 aromatic carbocycles. The fourth-order valence-electron chi connectivity index (χ4n) is 3.49. The fraction of sp³-hybridized carbons (Fsp3) is 0.259. The smallest absolute Gasteiger partial charge is 0.325 e. The van der Waals surface area contributed by atoms with Crippen LogP contribution in [0.5, 0.6) is 17.2 Å². The fourth-order valence-corrected chi connectivity index (χ4v) is 3.49. The van der Waals surface area contributed by atoms with Crippen LogP contribution in [-0.2, 0) is 20.9 Å². The van der Waals surface area contributed by atoms with Crippen LogP contribution in [0.2, 0.25) is 0 Å². The second-order valence-corrected chi connectivity index (χ2v) is 7.51. The van der Waals surface area contributed by atoms with Crippen molar-refractivity contribution in [1.29, 1.82) is 0 Å². The minimum atomic E-state index is -0.501. The number of carbonyl (C=O) groups excluding carboxylic acids is 2. The van der Waals surface area contributed by atoms with E-state index < -0.39 is 5.97 Å². The molecule has 34 heavy (non-hydrogen) atoms. The minimum Gasteiger partial charge on any atom is -0.497 e. The molecule has 0 aliphatic heterocycles. The number of para-hydroxylation sites is 1. The van der Waals surface area contributed by atoms with Crippen LogP contribution in [0.1, 0.15) is 12.0 Å². The number of hydrogen-bond acceptors (Lipinski definition) is 6. The van der Waals surface area contributed by atoms with Crippen molar-refractivity contribution >= 4 is 11.9 Å². The van der Waals surface area contributed by atoms with E-state index >= 15 is 0 Å². The van der Waals surface area contributed by atoms with E-state index in [0.717, 1.165) is 16.7 Å². The first-order chi connectivity index (χ1) is 16.5. The van der Waals surface area contributed by atoms with Crippen molar-refractivity contribution in [2.75, 3.05) is 34.5 Å². The molecule has 0 radical (unpaired) electrons. The largest absolute Gasteiger partial charge is 0.497 e. The van der Waals surface area contributed by atoms with Crippen LogP contribution in [0, 0.1) is 0 Å². The summed E-state index contributed by atoms with van der Waals surface area (Å²) in [6.45, 7) is 0.194. The van der Waals surface area contributed by atoms with Crippen LogP contribution in [0.3, 0.4) is 0 Å². The number of hydrogen-bond donors (Lipinski definition) is 0.